The quantitative estimate of drug-likeness (QED) is 0.662. The SMILES string of the molecule is CNc1cc(OC2CCCC(OC)C2)nc(SC)n1. The molecule has 1 aliphatic carbocycles. The van der Waals surface area contributed by atoms with E-state index in [0.717, 1.165) is 36.7 Å². The summed E-state index contributed by atoms with van der Waals surface area (Å²) < 4.78 is 11.4. The molecule has 6 heteroatoms. The van der Waals surface area contributed by atoms with Crippen molar-refractivity contribution in [1.29, 1.82) is 0 Å². The fraction of sp³-hybridized carbons (Fsp3) is 0.692. The smallest absolute Gasteiger partial charge is 0.219 e. The highest BCUT2D eigenvalue weighted by atomic mass is 32.2. The van der Waals surface area contributed by atoms with Crippen molar-refractivity contribution in [2.24, 2.45) is 0 Å². The van der Waals surface area contributed by atoms with Crippen molar-refractivity contribution in [3.05, 3.63) is 6.07 Å². The van der Waals surface area contributed by atoms with E-state index in [1.54, 1.807) is 7.11 Å². The summed E-state index contributed by atoms with van der Waals surface area (Å²) in [6, 6.07) is 1.84. The van der Waals surface area contributed by atoms with E-state index in [1.165, 1.54) is 11.8 Å². The molecule has 1 N–H and O–H groups in total. The molecule has 2 atom stereocenters. The number of anilines is 1. The van der Waals surface area contributed by atoms with Gasteiger partial charge in [-0.2, -0.15) is 4.98 Å². The highest BCUT2D eigenvalue weighted by Gasteiger charge is 2.23. The second kappa shape index (κ2) is 6.96. The Morgan fingerprint density at radius 2 is 2.11 bits per heavy atom. The Balaban J connectivity index is 2.05. The van der Waals surface area contributed by atoms with Gasteiger partial charge in [0, 0.05) is 26.6 Å². The summed E-state index contributed by atoms with van der Waals surface area (Å²) in [6.07, 6.45) is 6.72. The van der Waals surface area contributed by atoms with Gasteiger partial charge >= 0.3 is 0 Å². The second-order valence-corrected chi connectivity index (χ2v) is 5.37. The van der Waals surface area contributed by atoms with E-state index in [2.05, 4.69) is 15.3 Å². The Bertz CT molecular complexity index is 395. The van der Waals surface area contributed by atoms with Gasteiger partial charge in [0.1, 0.15) is 11.9 Å². The van der Waals surface area contributed by atoms with Crippen molar-refractivity contribution in [3.8, 4) is 5.88 Å². The Morgan fingerprint density at radius 3 is 2.79 bits per heavy atom. The van der Waals surface area contributed by atoms with Crippen molar-refractivity contribution in [3.63, 3.8) is 0 Å². The number of methoxy groups -OCH3 is 1. The Morgan fingerprint density at radius 1 is 1.32 bits per heavy atom. The zero-order valence-corrected chi connectivity index (χ0v) is 12.5. The maximum Gasteiger partial charge on any atom is 0.219 e. The molecular formula is C13H21N3O2S. The third kappa shape index (κ3) is 3.98. The molecule has 2 rings (SSSR count). The standard InChI is InChI=1S/C13H21N3O2S/c1-14-11-8-12(16-13(15-11)19-3)18-10-6-4-5-9(7-10)17-2/h8-10H,4-7H2,1-3H3,(H,14,15,16). The molecule has 1 aromatic rings. The van der Waals surface area contributed by atoms with Crippen molar-refractivity contribution in [2.75, 3.05) is 25.7 Å². The molecule has 0 bridgehead atoms. The molecule has 1 aliphatic rings. The molecule has 106 valence electrons. The first-order valence-corrected chi connectivity index (χ1v) is 7.78. The maximum atomic E-state index is 5.99. The van der Waals surface area contributed by atoms with Gasteiger partial charge in [-0.3, -0.25) is 0 Å². The Kier molecular flexibility index (Phi) is 5.27. The number of ether oxygens (including phenoxy) is 2. The first kappa shape index (κ1) is 14.4. The number of hydrogen-bond donors (Lipinski definition) is 1. The van der Waals surface area contributed by atoms with Crippen molar-refractivity contribution < 1.29 is 9.47 Å². The van der Waals surface area contributed by atoms with Crippen LogP contribution in [0.2, 0.25) is 0 Å². The van der Waals surface area contributed by atoms with Crippen molar-refractivity contribution in [1.82, 2.24) is 9.97 Å². The molecule has 1 saturated carbocycles. The van der Waals surface area contributed by atoms with Gasteiger partial charge in [-0.25, -0.2) is 4.98 Å². The van der Waals surface area contributed by atoms with E-state index in [1.807, 2.05) is 19.4 Å². The van der Waals surface area contributed by atoms with Gasteiger partial charge in [-0.15, -0.1) is 0 Å². The number of aromatic nitrogens is 2. The van der Waals surface area contributed by atoms with Crippen molar-refractivity contribution in [2.45, 2.75) is 43.0 Å². The Hall–Kier alpha value is -1.01. The highest BCUT2D eigenvalue weighted by molar-refractivity contribution is 7.98. The fourth-order valence-corrected chi connectivity index (χ4v) is 2.65. The van der Waals surface area contributed by atoms with Gasteiger partial charge in [0.25, 0.3) is 0 Å². The summed E-state index contributed by atoms with van der Waals surface area (Å²) in [4.78, 5) is 8.72. The number of nitrogens with zero attached hydrogens (tertiary/aromatic N) is 2. The first-order chi connectivity index (χ1) is 9.25. The van der Waals surface area contributed by atoms with Gasteiger partial charge in [-0.1, -0.05) is 11.8 Å². The number of thioether (sulfide) groups is 1. The molecule has 1 heterocycles. The lowest BCUT2D eigenvalue weighted by molar-refractivity contribution is 0.0193. The first-order valence-electron chi connectivity index (χ1n) is 6.55. The molecule has 19 heavy (non-hydrogen) atoms. The topological polar surface area (TPSA) is 56.3 Å². The van der Waals surface area contributed by atoms with Gasteiger partial charge < -0.3 is 14.8 Å². The van der Waals surface area contributed by atoms with Crippen molar-refractivity contribution >= 4 is 17.6 Å². The average molecular weight is 283 g/mol. The van der Waals surface area contributed by atoms with Crippen LogP contribution in [-0.2, 0) is 4.74 Å². The van der Waals surface area contributed by atoms with E-state index in [9.17, 15) is 0 Å². The maximum absolute atomic E-state index is 5.99. The normalized spacial score (nSPS) is 23.1. The minimum absolute atomic E-state index is 0.188. The lowest BCUT2D eigenvalue weighted by Crippen LogP contribution is -2.29. The summed E-state index contributed by atoms with van der Waals surface area (Å²) in [7, 11) is 3.61. The van der Waals surface area contributed by atoms with Crippen LogP contribution in [0.4, 0.5) is 5.82 Å². The molecule has 0 aromatic carbocycles. The van der Waals surface area contributed by atoms with Gasteiger partial charge in [0.05, 0.1) is 6.10 Å². The van der Waals surface area contributed by atoms with Gasteiger partial charge in [0.15, 0.2) is 5.16 Å². The zero-order valence-electron chi connectivity index (χ0n) is 11.7. The van der Waals surface area contributed by atoms with Crippen LogP contribution in [0.3, 0.4) is 0 Å². The van der Waals surface area contributed by atoms with Crippen LogP contribution in [0.25, 0.3) is 0 Å². The minimum Gasteiger partial charge on any atom is -0.474 e. The molecule has 1 fully saturated rings. The van der Waals surface area contributed by atoms with Crippen LogP contribution >= 0.6 is 11.8 Å². The minimum atomic E-state index is 0.188. The fourth-order valence-electron chi connectivity index (χ4n) is 2.28. The molecule has 5 nitrogen and oxygen atoms in total. The third-order valence-electron chi connectivity index (χ3n) is 3.32. The Labute approximate surface area is 118 Å². The van der Waals surface area contributed by atoms with E-state index in [4.69, 9.17) is 9.47 Å². The second-order valence-electron chi connectivity index (χ2n) is 4.59. The number of hydrogen-bond acceptors (Lipinski definition) is 6. The summed E-state index contributed by atoms with van der Waals surface area (Å²) in [5, 5.41) is 3.75. The number of nitrogens with one attached hydrogen (secondary N) is 1. The summed E-state index contributed by atoms with van der Waals surface area (Å²) in [5.74, 6) is 1.43. The molecular weight excluding hydrogens is 262 g/mol. The van der Waals surface area contributed by atoms with Crippen LogP contribution in [0.15, 0.2) is 11.2 Å². The van der Waals surface area contributed by atoms with Crippen LogP contribution in [0.5, 0.6) is 5.88 Å². The molecule has 0 radical (unpaired) electrons. The van der Waals surface area contributed by atoms with Crippen LogP contribution in [0, 0.1) is 0 Å². The molecule has 2 unspecified atom stereocenters. The summed E-state index contributed by atoms with van der Waals surface area (Å²) in [6.45, 7) is 0. The molecule has 0 spiro atoms. The van der Waals surface area contributed by atoms with E-state index >= 15 is 0 Å². The monoisotopic (exact) mass is 283 g/mol. The summed E-state index contributed by atoms with van der Waals surface area (Å²) >= 11 is 1.51. The van der Waals surface area contributed by atoms with Crippen LogP contribution < -0.4 is 10.1 Å². The lowest BCUT2D eigenvalue weighted by Gasteiger charge is -2.28. The largest absolute Gasteiger partial charge is 0.474 e. The highest BCUT2D eigenvalue weighted by Crippen LogP contribution is 2.26. The molecule has 0 aliphatic heterocycles. The zero-order chi connectivity index (χ0) is 13.7. The molecule has 0 saturated heterocycles. The predicted molar refractivity (Wildman–Crippen MR) is 77.0 cm³/mol. The van der Waals surface area contributed by atoms with Crippen LogP contribution in [0.1, 0.15) is 25.7 Å². The third-order valence-corrected chi connectivity index (χ3v) is 3.87. The van der Waals surface area contributed by atoms with E-state index < -0.39 is 0 Å². The molecule has 0 amide bonds. The van der Waals surface area contributed by atoms with Gasteiger partial charge in [-0.05, 0) is 25.5 Å². The van der Waals surface area contributed by atoms with Crippen LogP contribution in [-0.4, -0.2) is 42.6 Å². The molecule has 1 aromatic heterocycles. The predicted octanol–water partition coefficient (Wildman–Crippen LogP) is 2.58. The number of rotatable bonds is 5. The van der Waals surface area contributed by atoms with E-state index in [0.29, 0.717) is 12.0 Å². The van der Waals surface area contributed by atoms with Gasteiger partial charge in [0.2, 0.25) is 5.88 Å². The average Bonchev–Trinajstić information content (AvgIpc) is 2.47. The van der Waals surface area contributed by atoms with E-state index in [-0.39, 0.29) is 6.10 Å². The summed E-state index contributed by atoms with van der Waals surface area (Å²) in [5.41, 5.74) is 0. The lowest BCUT2D eigenvalue weighted by atomic mass is 9.95.